The van der Waals surface area contributed by atoms with Gasteiger partial charge in [-0.2, -0.15) is 0 Å². The SMILES string of the molecule is c1ccc(-c2nc(-c3ccc4ccccc4c3)nc(-c3cccc4oc5c(-c6ccc(N(c7ccccc7)c7ccccc7)cc6)c6ccccc6cc5c34)n2)cc1. The molecule has 0 unspecified atom stereocenters. The first-order chi connectivity index (χ1) is 28.7. The molecule has 9 aromatic carbocycles. The number of hydrogen-bond acceptors (Lipinski definition) is 5. The van der Waals surface area contributed by atoms with Gasteiger partial charge in [0.15, 0.2) is 17.5 Å². The summed E-state index contributed by atoms with van der Waals surface area (Å²) in [4.78, 5) is 17.7. The standard InChI is InChI=1S/C53H34N4O/c1-4-16-37(17-5-1)51-54-52(40-28-27-35-15-10-11-18-38(35)33-40)56-53(55-51)45-25-14-26-47-49(45)46-34-39-19-12-13-24-44(39)48(50(46)58-47)36-29-31-43(32-30-36)57(41-20-6-2-7-21-41)42-22-8-3-9-23-42/h1-34H. The molecular formula is C53H34N4O. The Bertz CT molecular complexity index is 3230. The van der Waals surface area contributed by atoms with Crippen molar-refractivity contribution in [1.29, 1.82) is 0 Å². The average Bonchev–Trinajstić information content (AvgIpc) is 3.67. The van der Waals surface area contributed by atoms with Crippen LogP contribution in [0.1, 0.15) is 0 Å². The second kappa shape index (κ2) is 14.0. The minimum atomic E-state index is 0.589. The fourth-order valence-electron chi connectivity index (χ4n) is 8.15. The highest BCUT2D eigenvalue weighted by molar-refractivity contribution is 6.21. The first kappa shape index (κ1) is 33.4. The molecular weight excluding hydrogens is 709 g/mol. The zero-order valence-electron chi connectivity index (χ0n) is 31.3. The molecule has 0 N–H and O–H groups in total. The number of furan rings is 1. The summed E-state index contributed by atoms with van der Waals surface area (Å²) in [6.07, 6.45) is 0. The maximum atomic E-state index is 6.92. The molecule has 0 aliphatic heterocycles. The van der Waals surface area contributed by atoms with Crippen molar-refractivity contribution in [3.8, 4) is 45.3 Å². The summed E-state index contributed by atoms with van der Waals surface area (Å²) in [6.45, 7) is 0. The zero-order chi connectivity index (χ0) is 38.4. The second-order valence-electron chi connectivity index (χ2n) is 14.4. The van der Waals surface area contributed by atoms with E-state index >= 15 is 0 Å². The summed E-state index contributed by atoms with van der Waals surface area (Å²) in [7, 11) is 0. The monoisotopic (exact) mass is 742 g/mol. The second-order valence-corrected chi connectivity index (χ2v) is 14.4. The minimum absolute atomic E-state index is 0.589. The van der Waals surface area contributed by atoms with E-state index in [0.717, 1.165) is 83.0 Å². The fraction of sp³-hybridized carbons (Fsp3) is 0. The van der Waals surface area contributed by atoms with Crippen LogP contribution in [-0.4, -0.2) is 15.0 Å². The number of anilines is 3. The van der Waals surface area contributed by atoms with Crippen molar-refractivity contribution < 1.29 is 4.42 Å². The van der Waals surface area contributed by atoms with E-state index in [1.165, 1.54) is 5.39 Å². The average molecular weight is 743 g/mol. The first-order valence-electron chi connectivity index (χ1n) is 19.4. The highest BCUT2D eigenvalue weighted by atomic mass is 16.3. The van der Waals surface area contributed by atoms with Crippen LogP contribution in [-0.2, 0) is 0 Å². The van der Waals surface area contributed by atoms with Crippen molar-refractivity contribution in [2.45, 2.75) is 0 Å². The highest BCUT2D eigenvalue weighted by Crippen LogP contribution is 2.45. The van der Waals surface area contributed by atoms with Gasteiger partial charge in [0.1, 0.15) is 11.2 Å². The molecule has 2 heterocycles. The lowest BCUT2D eigenvalue weighted by molar-refractivity contribution is 0.670. The third-order valence-electron chi connectivity index (χ3n) is 10.9. The lowest BCUT2D eigenvalue weighted by Gasteiger charge is -2.25. The number of nitrogens with zero attached hydrogens (tertiary/aromatic N) is 4. The van der Waals surface area contributed by atoms with Crippen molar-refractivity contribution in [2.24, 2.45) is 0 Å². The van der Waals surface area contributed by atoms with E-state index in [2.05, 4.69) is 157 Å². The largest absolute Gasteiger partial charge is 0.455 e. The normalized spacial score (nSPS) is 11.4. The number of rotatable bonds is 7. The molecule has 0 spiro atoms. The number of benzene rings is 9. The first-order valence-corrected chi connectivity index (χ1v) is 19.4. The molecule has 11 aromatic rings. The molecule has 272 valence electrons. The quantitative estimate of drug-likeness (QED) is 0.163. The molecule has 0 amide bonds. The number of fused-ring (bicyclic) bond motifs is 5. The molecule has 5 nitrogen and oxygen atoms in total. The summed E-state index contributed by atoms with van der Waals surface area (Å²) in [6, 6.07) is 71.5. The molecule has 2 aromatic heterocycles. The van der Waals surface area contributed by atoms with Crippen LogP contribution in [0.15, 0.2) is 211 Å². The van der Waals surface area contributed by atoms with E-state index in [0.29, 0.717) is 17.5 Å². The summed E-state index contributed by atoms with van der Waals surface area (Å²) < 4.78 is 6.92. The number of aromatic nitrogens is 3. The van der Waals surface area contributed by atoms with Gasteiger partial charge in [-0.1, -0.05) is 152 Å². The Morgan fingerprint density at radius 3 is 1.66 bits per heavy atom. The van der Waals surface area contributed by atoms with Gasteiger partial charge in [-0.3, -0.25) is 0 Å². The lowest BCUT2D eigenvalue weighted by atomic mass is 9.94. The minimum Gasteiger partial charge on any atom is -0.455 e. The van der Waals surface area contributed by atoms with Crippen LogP contribution in [0.3, 0.4) is 0 Å². The Morgan fingerprint density at radius 1 is 0.362 bits per heavy atom. The Labute approximate surface area is 335 Å². The van der Waals surface area contributed by atoms with Crippen LogP contribution >= 0.6 is 0 Å². The van der Waals surface area contributed by atoms with Gasteiger partial charge in [-0.05, 0) is 81.7 Å². The smallest absolute Gasteiger partial charge is 0.164 e. The van der Waals surface area contributed by atoms with Crippen LogP contribution in [0.4, 0.5) is 17.1 Å². The maximum absolute atomic E-state index is 6.92. The summed E-state index contributed by atoms with van der Waals surface area (Å²) in [5.74, 6) is 1.82. The predicted octanol–water partition coefficient (Wildman–Crippen LogP) is 14.2. The summed E-state index contributed by atoms with van der Waals surface area (Å²) in [5, 5.41) is 6.52. The van der Waals surface area contributed by atoms with E-state index in [1.54, 1.807) is 0 Å². The molecule has 5 heteroatoms. The zero-order valence-corrected chi connectivity index (χ0v) is 31.3. The van der Waals surface area contributed by atoms with Crippen LogP contribution in [0.2, 0.25) is 0 Å². The van der Waals surface area contributed by atoms with Crippen LogP contribution in [0, 0.1) is 0 Å². The third-order valence-corrected chi connectivity index (χ3v) is 10.9. The van der Waals surface area contributed by atoms with Gasteiger partial charge in [0.25, 0.3) is 0 Å². The van der Waals surface area contributed by atoms with Gasteiger partial charge < -0.3 is 9.32 Å². The molecule has 0 bridgehead atoms. The molecule has 0 saturated carbocycles. The van der Waals surface area contributed by atoms with Crippen LogP contribution in [0.25, 0.3) is 88.8 Å². The Morgan fingerprint density at radius 2 is 0.931 bits per heavy atom. The Hall–Kier alpha value is -7.89. The van der Waals surface area contributed by atoms with Gasteiger partial charge in [0.05, 0.1) is 0 Å². The van der Waals surface area contributed by atoms with Crippen molar-refractivity contribution in [2.75, 3.05) is 4.90 Å². The molecule has 0 radical (unpaired) electrons. The Kier molecular flexibility index (Phi) is 8.07. The van der Waals surface area contributed by atoms with Crippen LogP contribution in [0.5, 0.6) is 0 Å². The van der Waals surface area contributed by atoms with Gasteiger partial charge in [0.2, 0.25) is 0 Å². The van der Waals surface area contributed by atoms with E-state index in [1.807, 2.05) is 54.6 Å². The summed E-state index contributed by atoms with van der Waals surface area (Å²) in [5.41, 5.74) is 9.70. The molecule has 0 saturated heterocycles. The highest BCUT2D eigenvalue weighted by Gasteiger charge is 2.22. The van der Waals surface area contributed by atoms with E-state index in [4.69, 9.17) is 19.4 Å². The number of para-hydroxylation sites is 2. The van der Waals surface area contributed by atoms with Crippen molar-refractivity contribution in [3.63, 3.8) is 0 Å². The molecule has 11 rings (SSSR count). The van der Waals surface area contributed by atoms with Crippen molar-refractivity contribution in [3.05, 3.63) is 206 Å². The van der Waals surface area contributed by atoms with E-state index in [-0.39, 0.29) is 0 Å². The molecule has 0 atom stereocenters. The maximum Gasteiger partial charge on any atom is 0.164 e. The van der Waals surface area contributed by atoms with Gasteiger partial charge in [-0.15, -0.1) is 0 Å². The van der Waals surface area contributed by atoms with Crippen molar-refractivity contribution in [1.82, 2.24) is 15.0 Å². The van der Waals surface area contributed by atoms with E-state index < -0.39 is 0 Å². The molecule has 58 heavy (non-hydrogen) atoms. The molecule has 0 aliphatic rings. The van der Waals surface area contributed by atoms with Gasteiger partial charge in [0, 0.05) is 50.1 Å². The van der Waals surface area contributed by atoms with Crippen LogP contribution < -0.4 is 4.90 Å². The lowest BCUT2D eigenvalue weighted by Crippen LogP contribution is -2.09. The van der Waals surface area contributed by atoms with Gasteiger partial charge >= 0.3 is 0 Å². The summed E-state index contributed by atoms with van der Waals surface area (Å²) >= 11 is 0. The predicted molar refractivity (Wildman–Crippen MR) is 239 cm³/mol. The Balaban J connectivity index is 1.10. The fourth-order valence-corrected chi connectivity index (χ4v) is 8.15. The third kappa shape index (κ3) is 5.85. The molecule has 0 fully saturated rings. The van der Waals surface area contributed by atoms with E-state index in [9.17, 15) is 0 Å². The molecule has 0 aliphatic carbocycles. The number of hydrogen-bond donors (Lipinski definition) is 0. The van der Waals surface area contributed by atoms with Crippen molar-refractivity contribution >= 4 is 60.5 Å². The topological polar surface area (TPSA) is 55.1 Å². The van der Waals surface area contributed by atoms with Gasteiger partial charge in [-0.25, -0.2) is 15.0 Å².